The normalized spacial score (nSPS) is 11.7. The lowest BCUT2D eigenvalue weighted by atomic mass is 10.3. The second kappa shape index (κ2) is 7.76. The summed E-state index contributed by atoms with van der Waals surface area (Å²) in [6.45, 7) is 1.67. The van der Waals surface area contributed by atoms with Gasteiger partial charge >= 0.3 is 11.0 Å². The Morgan fingerprint density at radius 3 is 2.74 bits per heavy atom. The average molecular weight is 409 g/mol. The van der Waals surface area contributed by atoms with E-state index >= 15 is 0 Å². The van der Waals surface area contributed by atoms with E-state index in [-0.39, 0.29) is 27.8 Å². The number of hydrogen-bond donors (Lipinski definition) is 0. The Balaban J connectivity index is 2.07. The number of aromatic nitrogens is 1. The Labute approximate surface area is 159 Å². The van der Waals surface area contributed by atoms with E-state index in [1.165, 1.54) is 34.9 Å². The zero-order valence-electron chi connectivity index (χ0n) is 13.9. The van der Waals surface area contributed by atoms with Gasteiger partial charge in [0, 0.05) is 6.07 Å². The number of amides is 1. The van der Waals surface area contributed by atoms with Gasteiger partial charge in [-0.3, -0.25) is 19.7 Å². The molecule has 140 valence electrons. The molecule has 27 heavy (non-hydrogen) atoms. The summed E-state index contributed by atoms with van der Waals surface area (Å²) in [5, 5.41) is 10.6. The maximum Gasteiger partial charge on any atom is 0.326 e. The third-order valence-electron chi connectivity index (χ3n) is 3.42. The van der Waals surface area contributed by atoms with Crippen molar-refractivity contribution in [3.05, 3.63) is 55.9 Å². The van der Waals surface area contributed by atoms with E-state index in [9.17, 15) is 24.1 Å². The Hall–Kier alpha value is -2.92. The number of nitro groups is 1. The van der Waals surface area contributed by atoms with Gasteiger partial charge in [-0.25, -0.2) is 4.39 Å². The summed E-state index contributed by atoms with van der Waals surface area (Å²) in [6.07, 6.45) is 0. The fourth-order valence-electron chi connectivity index (χ4n) is 2.30. The van der Waals surface area contributed by atoms with Crippen molar-refractivity contribution in [2.24, 2.45) is 4.99 Å². The largest absolute Gasteiger partial charge is 0.465 e. The van der Waals surface area contributed by atoms with Crippen LogP contribution in [0.4, 0.5) is 9.39 Å². The minimum absolute atomic E-state index is 0.0908. The molecule has 0 fully saturated rings. The molecule has 3 aromatic rings. The van der Waals surface area contributed by atoms with E-state index in [4.69, 9.17) is 4.74 Å². The molecule has 0 aliphatic rings. The summed E-state index contributed by atoms with van der Waals surface area (Å²) < 4.78 is 20.4. The molecule has 11 heteroatoms. The number of fused-ring (bicyclic) bond motifs is 1. The molecule has 0 unspecified atom stereocenters. The molecule has 8 nitrogen and oxygen atoms in total. The highest BCUT2D eigenvalue weighted by Crippen LogP contribution is 2.25. The number of hydrogen-bond acceptors (Lipinski definition) is 7. The van der Waals surface area contributed by atoms with Gasteiger partial charge in [0.25, 0.3) is 5.91 Å². The lowest BCUT2D eigenvalue weighted by Crippen LogP contribution is -2.23. The fourth-order valence-corrected chi connectivity index (χ4v) is 4.06. The standard InChI is InChI=1S/C16H12FN3O5S2/c1-2-25-14(21)8-19-10-4-3-9(17)7-12(10)27-16(19)18-15(22)11-5-6-13(26-11)20(23)24/h3-7H,2,8H2,1H3. The lowest BCUT2D eigenvalue weighted by molar-refractivity contribution is -0.380. The Kier molecular flexibility index (Phi) is 5.42. The van der Waals surface area contributed by atoms with Crippen LogP contribution in [-0.4, -0.2) is 28.0 Å². The lowest BCUT2D eigenvalue weighted by Gasteiger charge is -2.04. The molecule has 0 saturated carbocycles. The second-order valence-corrected chi connectivity index (χ2v) is 7.27. The van der Waals surface area contributed by atoms with Gasteiger partial charge < -0.3 is 9.30 Å². The summed E-state index contributed by atoms with van der Waals surface area (Å²) in [6, 6.07) is 6.55. The molecule has 0 saturated heterocycles. The van der Waals surface area contributed by atoms with E-state index in [1.807, 2.05) is 0 Å². The van der Waals surface area contributed by atoms with Crippen molar-refractivity contribution < 1.29 is 23.6 Å². The molecule has 2 heterocycles. The fraction of sp³-hybridized carbons (Fsp3) is 0.188. The zero-order chi connectivity index (χ0) is 19.6. The number of thiazole rings is 1. The Bertz CT molecular complexity index is 1110. The van der Waals surface area contributed by atoms with Gasteiger partial charge in [-0.05, 0) is 31.2 Å². The van der Waals surface area contributed by atoms with Crippen LogP contribution in [0.15, 0.2) is 35.3 Å². The summed E-state index contributed by atoms with van der Waals surface area (Å²) in [5.41, 5.74) is 0.526. The van der Waals surface area contributed by atoms with Crippen molar-refractivity contribution in [2.75, 3.05) is 6.61 Å². The van der Waals surface area contributed by atoms with Crippen molar-refractivity contribution in [3.63, 3.8) is 0 Å². The number of rotatable bonds is 5. The Morgan fingerprint density at radius 2 is 2.07 bits per heavy atom. The summed E-state index contributed by atoms with van der Waals surface area (Å²) in [4.78, 5) is 38.7. The molecule has 1 amide bonds. The van der Waals surface area contributed by atoms with E-state index in [1.54, 1.807) is 6.92 Å². The summed E-state index contributed by atoms with van der Waals surface area (Å²) in [7, 11) is 0. The highest BCUT2D eigenvalue weighted by molar-refractivity contribution is 7.17. The smallest absolute Gasteiger partial charge is 0.326 e. The second-order valence-electron chi connectivity index (χ2n) is 5.20. The first-order chi connectivity index (χ1) is 12.9. The van der Waals surface area contributed by atoms with E-state index < -0.39 is 22.6 Å². The minimum Gasteiger partial charge on any atom is -0.465 e. The van der Waals surface area contributed by atoms with Crippen LogP contribution >= 0.6 is 22.7 Å². The Morgan fingerprint density at radius 1 is 1.30 bits per heavy atom. The van der Waals surface area contributed by atoms with Gasteiger partial charge in [-0.2, -0.15) is 4.99 Å². The highest BCUT2D eigenvalue weighted by Gasteiger charge is 2.17. The first kappa shape index (κ1) is 18.9. The van der Waals surface area contributed by atoms with E-state index in [0.717, 1.165) is 11.3 Å². The molecular weight excluding hydrogens is 397 g/mol. The maximum absolute atomic E-state index is 13.5. The molecule has 0 atom stereocenters. The third-order valence-corrected chi connectivity index (χ3v) is 5.48. The average Bonchev–Trinajstić information content (AvgIpc) is 3.21. The SMILES string of the molecule is CCOC(=O)Cn1c(=NC(=O)c2ccc([N+](=O)[O-])s2)sc2cc(F)ccc21. The quantitative estimate of drug-likeness (QED) is 0.366. The molecule has 0 spiro atoms. The molecule has 0 N–H and O–H groups in total. The molecule has 0 aliphatic heterocycles. The van der Waals surface area contributed by atoms with Gasteiger partial charge in [0.2, 0.25) is 0 Å². The van der Waals surface area contributed by atoms with E-state index in [0.29, 0.717) is 21.6 Å². The number of carbonyl (C=O) groups is 2. The molecular formula is C16H12FN3O5S2. The van der Waals surface area contributed by atoms with Crippen LogP contribution in [0.25, 0.3) is 10.2 Å². The van der Waals surface area contributed by atoms with Crippen LogP contribution in [0.5, 0.6) is 0 Å². The van der Waals surface area contributed by atoms with Gasteiger partial charge in [0.05, 0.1) is 21.7 Å². The summed E-state index contributed by atoms with van der Waals surface area (Å²) >= 11 is 1.74. The minimum atomic E-state index is -0.683. The number of nitrogens with zero attached hydrogens (tertiary/aromatic N) is 3. The van der Waals surface area contributed by atoms with Gasteiger partial charge in [-0.15, -0.1) is 0 Å². The zero-order valence-corrected chi connectivity index (χ0v) is 15.5. The van der Waals surface area contributed by atoms with Crippen LogP contribution in [-0.2, 0) is 16.1 Å². The number of benzene rings is 1. The number of carbonyl (C=O) groups excluding carboxylic acids is 2. The summed E-state index contributed by atoms with van der Waals surface area (Å²) in [5.74, 6) is -1.67. The molecule has 2 aromatic heterocycles. The van der Waals surface area contributed by atoms with Crippen molar-refractivity contribution in [1.29, 1.82) is 0 Å². The van der Waals surface area contributed by atoms with Crippen molar-refractivity contribution in [1.82, 2.24) is 4.57 Å². The molecule has 0 radical (unpaired) electrons. The van der Waals surface area contributed by atoms with Crippen molar-refractivity contribution >= 4 is 49.8 Å². The molecule has 3 rings (SSSR count). The van der Waals surface area contributed by atoms with E-state index in [2.05, 4.69) is 4.99 Å². The van der Waals surface area contributed by atoms with Crippen LogP contribution in [0.2, 0.25) is 0 Å². The highest BCUT2D eigenvalue weighted by atomic mass is 32.1. The monoisotopic (exact) mass is 409 g/mol. The number of esters is 1. The third kappa shape index (κ3) is 4.09. The van der Waals surface area contributed by atoms with Gasteiger partial charge in [0.1, 0.15) is 17.2 Å². The van der Waals surface area contributed by atoms with Crippen LogP contribution < -0.4 is 4.80 Å². The molecule has 0 bridgehead atoms. The predicted octanol–water partition coefficient (Wildman–Crippen LogP) is 3.12. The number of ether oxygens (including phenoxy) is 1. The first-order valence-electron chi connectivity index (χ1n) is 7.67. The topological polar surface area (TPSA) is 104 Å². The van der Waals surface area contributed by atoms with Crippen molar-refractivity contribution in [3.8, 4) is 0 Å². The molecule has 1 aromatic carbocycles. The number of halogens is 1. The van der Waals surface area contributed by atoms with Gasteiger partial charge in [-0.1, -0.05) is 22.7 Å². The van der Waals surface area contributed by atoms with Crippen LogP contribution in [0.1, 0.15) is 16.6 Å². The van der Waals surface area contributed by atoms with Crippen molar-refractivity contribution in [2.45, 2.75) is 13.5 Å². The maximum atomic E-state index is 13.5. The predicted molar refractivity (Wildman–Crippen MR) is 97.3 cm³/mol. The first-order valence-corrected chi connectivity index (χ1v) is 9.30. The molecule has 0 aliphatic carbocycles. The van der Waals surface area contributed by atoms with Crippen LogP contribution in [0, 0.1) is 15.9 Å². The van der Waals surface area contributed by atoms with Gasteiger partial charge in [0.15, 0.2) is 4.80 Å². The van der Waals surface area contributed by atoms with Crippen LogP contribution in [0.3, 0.4) is 0 Å². The number of thiophene rings is 1.